The van der Waals surface area contributed by atoms with E-state index in [1.807, 2.05) is 6.07 Å². The van der Waals surface area contributed by atoms with E-state index in [2.05, 4.69) is 11.4 Å². The number of non-ortho nitro benzene ring substituents is 1. The molecular formula is C14H18N2O3. The Hall–Kier alpha value is -1.72. The average Bonchev–Trinajstić information content (AvgIpc) is 2.45. The molecule has 0 radical (unpaired) electrons. The zero-order valence-electron chi connectivity index (χ0n) is 10.8. The smallest absolute Gasteiger partial charge is 0.269 e. The Balaban J connectivity index is 1.74. The minimum Gasteiger partial charge on any atom is -0.377 e. The highest BCUT2D eigenvalue weighted by Gasteiger charge is 2.06. The number of ether oxygens (including phenoxy) is 1. The number of nitro groups is 1. The number of hydrogen-bond donors (Lipinski definition) is 1. The van der Waals surface area contributed by atoms with Crippen LogP contribution in [-0.2, 0) is 11.3 Å². The topological polar surface area (TPSA) is 64.4 Å². The highest BCUT2D eigenvalue weighted by Crippen LogP contribution is 2.13. The Kier molecular flexibility index (Phi) is 5.06. The van der Waals surface area contributed by atoms with E-state index in [4.69, 9.17) is 4.74 Å². The molecule has 0 bridgehead atoms. The Morgan fingerprint density at radius 2 is 2.32 bits per heavy atom. The largest absolute Gasteiger partial charge is 0.377 e. The van der Waals surface area contributed by atoms with Crippen molar-refractivity contribution >= 4 is 5.69 Å². The van der Waals surface area contributed by atoms with Gasteiger partial charge >= 0.3 is 0 Å². The molecule has 0 unspecified atom stereocenters. The fourth-order valence-electron chi connectivity index (χ4n) is 2.05. The Bertz CT molecular complexity index is 472. The zero-order valence-corrected chi connectivity index (χ0v) is 10.8. The van der Waals surface area contributed by atoms with E-state index in [-0.39, 0.29) is 10.6 Å². The van der Waals surface area contributed by atoms with Gasteiger partial charge in [-0.05, 0) is 24.9 Å². The van der Waals surface area contributed by atoms with E-state index in [9.17, 15) is 10.1 Å². The first-order chi connectivity index (χ1) is 9.25. The molecule has 0 saturated carbocycles. The number of hydrogen-bond acceptors (Lipinski definition) is 4. The standard InChI is InChI=1S/C14H18N2O3/c17-16(18)14-3-1-2-13(10-14)11-15-7-4-12-5-8-19-9-6-12/h1-3,5,10,15H,4,6-9,11H2. The molecule has 1 aliphatic heterocycles. The van der Waals surface area contributed by atoms with Crippen molar-refractivity contribution in [1.29, 1.82) is 0 Å². The molecule has 0 aromatic heterocycles. The van der Waals surface area contributed by atoms with Gasteiger partial charge in [-0.15, -0.1) is 0 Å². The van der Waals surface area contributed by atoms with Gasteiger partial charge in [0.1, 0.15) is 0 Å². The third-order valence-corrected chi connectivity index (χ3v) is 3.13. The molecule has 1 aliphatic rings. The van der Waals surface area contributed by atoms with Gasteiger partial charge in [-0.2, -0.15) is 0 Å². The molecule has 0 spiro atoms. The van der Waals surface area contributed by atoms with Crippen molar-refractivity contribution < 1.29 is 9.66 Å². The molecule has 0 aliphatic carbocycles. The molecular weight excluding hydrogens is 244 g/mol. The molecule has 5 nitrogen and oxygen atoms in total. The summed E-state index contributed by atoms with van der Waals surface area (Å²) in [4.78, 5) is 10.3. The first kappa shape index (κ1) is 13.7. The number of nitrogens with one attached hydrogen (secondary N) is 1. The van der Waals surface area contributed by atoms with Crippen LogP contribution in [0.4, 0.5) is 5.69 Å². The Labute approximate surface area is 112 Å². The van der Waals surface area contributed by atoms with Crippen LogP contribution in [0.25, 0.3) is 0 Å². The third kappa shape index (κ3) is 4.46. The lowest BCUT2D eigenvalue weighted by atomic mass is 10.1. The van der Waals surface area contributed by atoms with Crippen molar-refractivity contribution in [2.75, 3.05) is 19.8 Å². The monoisotopic (exact) mass is 262 g/mol. The number of nitro benzene ring substituents is 1. The molecule has 5 heteroatoms. The normalized spacial score (nSPS) is 15.1. The predicted octanol–water partition coefficient (Wildman–Crippen LogP) is 2.42. The Morgan fingerprint density at radius 1 is 1.42 bits per heavy atom. The number of benzene rings is 1. The highest BCUT2D eigenvalue weighted by atomic mass is 16.6. The van der Waals surface area contributed by atoms with Crippen LogP contribution < -0.4 is 5.32 Å². The Morgan fingerprint density at radius 3 is 3.05 bits per heavy atom. The third-order valence-electron chi connectivity index (χ3n) is 3.13. The first-order valence-corrected chi connectivity index (χ1v) is 6.45. The fraction of sp³-hybridized carbons (Fsp3) is 0.429. The summed E-state index contributed by atoms with van der Waals surface area (Å²) >= 11 is 0. The maximum absolute atomic E-state index is 10.7. The van der Waals surface area contributed by atoms with Gasteiger partial charge in [-0.25, -0.2) is 0 Å². The van der Waals surface area contributed by atoms with E-state index < -0.39 is 0 Å². The van der Waals surface area contributed by atoms with Crippen LogP contribution in [0.15, 0.2) is 35.9 Å². The van der Waals surface area contributed by atoms with E-state index >= 15 is 0 Å². The van der Waals surface area contributed by atoms with E-state index in [0.29, 0.717) is 6.54 Å². The lowest BCUT2D eigenvalue weighted by molar-refractivity contribution is -0.384. The number of nitrogens with zero attached hydrogens (tertiary/aromatic N) is 1. The first-order valence-electron chi connectivity index (χ1n) is 6.45. The zero-order chi connectivity index (χ0) is 13.5. The van der Waals surface area contributed by atoms with Crippen molar-refractivity contribution in [3.8, 4) is 0 Å². The van der Waals surface area contributed by atoms with Gasteiger partial charge in [-0.3, -0.25) is 10.1 Å². The summed E-state index contributed by atoms with van der Waals surface area (Å²) in [5.74, 6) is 0. The minimum absolute atomic E-state index is 0.145. The van der Waals surface area contributed by atoms with Crippen LogP contribution in [0.1, 0.15) is 18.4 Å². The summed E-state index contributed by atoms with van der Waals surface area (Å²) in [7, 11) is 0. The van der Waals surface area contributed by atoms with Crippen molar-refractivity contribution in [3.63, 3.8) is 0 Å². The van der Waals surface area contributed by atoms with E-state index in [0.717, 1.165) is 38.2 Å². The second-order valence-corrected chi connectivity index (χ2v) is 4.54. The lowest BCUT2D eigenvalue weighted by Gasteiger charge is -2.13. The molecule has 1 aromatic carbocycles. The van der Waals surface area contributed by atoms with E-state index in [1.165, 1.54) is 11.6 Å². The molecule has 1 aromatic rings. The van der Waals surface area contributed by atoms with Crippen molar-refractivity contribution in [2.45, 2.75) is 19.4 Å². The second-order valence-electron chi connectivity index (χ2n) is 4.54. The summed E-state index contributed by atoms with van der Waals surface area (Å²) in [6.07, 6.45) is 4.16. The van der Waals surface area contributed by atoms with Crippen LogP contribution in [0.2, 0.25) is 0 Å². The van der Waals surface area contributed by atoms with Gasteiger partial charge < -0.3 is 10.1 Å². The molecule has 0 atom stereocenters. The van der Waals surface area contributed by atoms with Gasteiger partial charge in [0.05, 0.1) is 18.1 Å². The molecule has 1 heterocycles. The van der Waals surface area contributed by atoms with Gasteiger partial charge in [0.2, 0.25) is 0 Å². The maximum Gasteiger partial charge on any atom is 0.269 e. The summed E-state index contributed by atoms with van der Waals surface area (Å²) in [6.45, 7) is 3.08. The van der Waals surface area contributed by atoms with Gasteiger partial charge in [0.25, 0.3) is 5.69 Å². The summed E-state index contributed by atoms with van der Waals surface area (Å²) in [5, 5.41) is 14.0. The molecule has 0 fully saturated rings. The van der Waals surface area contributed by atoms with Crippen LogP contribution in [0, 0.1) is 10.1 Å². The summed E-state index contributed by atoms with van der Waals surface area (Å²) in [6, 6.07) is 6.74. The molecule has 1 N–H and O–H groups in total. The second kappa shape index (κ2) is 7.01. The summed E-state index contributed by atoms with van der Waals surface area (Å²) < 4.78 is 5.25. The highest BCUT2D eigenvalue weighted by molar-refractivity contribution is 5.34. The van der Waals surface area contributed by atoms with Crippen molar-refractivity contribution in [2.24, 2.45) is 0 Å². The molecule has 0 amide bonds. The van der Waals surface area contributed by atoms with E-state index in [1.54, 1.807) is 12.1 Å². The quantitative estimate of drug-likeness (QED) is 0.370. The van der Waals surface area contributed by atoms with Crippen molar-refractivity contribution in [1.82, 2.24) is 5.32 Å². The van der Waals surface area contributed by atoms with Gasteiger partial charge in [0.15, 0.2) is 0 Å². The summed E-state index contributed by atoms with van der Waals surface area (Å²) in [5.41, 5.74) is 2.51. The molecule has 19 heavy (non-hydrogen) atoms. The SMILES string of the molecule is O=[N+]([O-])c1cccc(CNCCC2=CCOCC2)c1. The fourth-order valence-corrected chi connectivity index (χ4v) is 2.05. The lowest BCUT2D eigenvalue weighted by Crippen LogP contribution is -2.16. The van der Waals surface area contributed by atoms with Crippen LogP contribution in [0.5, 0.6) is 0 Å². The average molecular weight is 262 g/mol. The van der Waals surface area contributed by atoms with Crippen LogP contribution >= 0.6 is 0 Å². The van der Waals surface area contributed by atoms with Crippen molar-refractivity contribution in [3.05, 3.63) is 51.6 Å². The predicted molar refractivity (Wildman–Crippen MR) is 72.9 cm³/mol. The maximum atomic E-state index is 10.7. The van der Waals surface area contributed by atoms with Gasteiger partial charge in [-0.1, -0.05) is 23.8 Å². The van der Waals surface area contributed by atoms with Crippen LogP contribution in [-0.4, -0.2) is 24.7 Å². The minimum atomic E-state index is -0.365. The molecule has 102 valence electrons. The molecule has 2 rings (SSSR count). The van der Waals surface area contributed by atoms with Gasteiger partial charge in [0, 0.05) is 18.7 Å². The number of rotatable bonds is 6. The van der Waals surface area contributed by atoms with Crippen LogP contribution in [0.3, 0.4) is 0 Å². The molecule has 0 saturated heterocycles.